The van der Waals surface area contributed by atoms with Gasteiger partial charge in [-0.25, -0.2) is 19.2 Å². The Hall–Kier alpha value is -2.68. The molecule has 0 spiro atoms. The van der Waals surface area contributed by atoms with E-state index in [1.807, 2.05) is 0 Å². The first-order valence-corrected chi connectivity index (χ1v) is 10.0. The Labute approximate surface area is 178 Å². The molecule has 6 N–H and O–H groups in total. The largest absolute Gasteiger partial charge is 0.478 e. The number of hydrogen-bond acceptors (Lipinski definition) is 5. The minimum absolute atomic E-state index is 0.558. The third-order valence-corrected chi connectivity index (χ3v) is 3.69. The molecule has 0 heterocycles. The molecule has 0 aliphatic carbocycles. The molecule has 0 aromatic heterocycles. The van der Waals surface area contributed by atoms with Crippen LogP contribution in [0, 0.1) is 5.92 Å². The fraction of sp³-hybridized carbons (Fsp3) is 0.619. The van der Waals surface area contributed by atoms with E-state index in [4.69, 9.17) is 26.2 Å². The summed E-state index contributed by atoms with van der Waals surface area (Å²) in [4.78, 5) is 38.2. The summed E-state index contributed by atoms with van der Waals surface area (Å²) in [6, 6.07) is 0. The van der Waals surface area contributed by atoms with Crippen LogP contribution in [0.3, 0.4) is 0 Å². The van der Waals surface area contributed by atoms with Crippen molar-refractivity contribution in [2.75, 3.05) is 6.54 Å². The van der Waals surface area contributed by atoms with Crippen molar-refractivity contribution in [2.45, 2.75) is 71.6 Å². The lowest BCUT2D eigenvalue weighted by Crippen LogP contribution is -2.02. The van der Waals surface area contributed by atoms with Crippen LogP contribution in [0.5, 0.6) is 0 Å². The fourth-order valence-electron chi connectivity index (χ4n) is 2.17. The number of rotatable bonds is 14. The molecule has 0 radical (unpaired) electrons. The molecule has 1 unspecified atom stereocenters. The SMILES string of the molecule is CCCCCCCCC(C)CCCN.O=C(O)/C=C\C(=O)O.O=C(O)/C=C\C(=O)O. The van der Waals surface area contributed by atoms with Gasteiger partial charge in [0.15, 0.2) is 0 Å². The molecule has 0 aromatic rings. The molecular weight excluding hydrogens is 394 g/mol. The van der Waals surface area contributed by atoms with Crippen LogP contribution in [-0.2, 0) is 19.2 Å². The monoisotopic (exact) mass is 431 g/mol. The standard InChI is InChI=1S/C13H29N.2C4H4O4/c1-3-4-5-6-7-8-10-13(2)11-9-12-14;2*5-3(6)1-2-4(7)8/h13H,3-12,14H2,1-2H3;2*1-2H,(H,5,6)(H,7,8)/b;2*2-1-. The highest BCUT2D eigenvalue weighted by Gasteiger charge is 2.00. The molecule has 9 heteroatoms. The number of aliphatic carboxylic acids is 4. The first kappa shape index (κ1) is 32.0. The predicted molar refractivity (Wildman–Crippen MR) is 114 cm³/mol. The molecule has 0 rings (SSSR count). The average Bonchev–Trinajstić information content (AvgIpc) is 2.67. The maximum Gasteiger partial charge on any atom is 0.328 e. The third kappa shape index (κ3) is 40.1. The van der Waals surface area contributed by atoms with Crippen molar-refractivity contribution in [1.82, 2.24) is 0 Å². The average molecular weight is 432 g/mol. The van der Waals surface area contributed by atoms with E-state index in [2.05, 4.69) is 13.8 Å². The van der Waals surface area contributed by atoms with Crippen molar-refractivity contribution < 1.29 is 39.6 Å². The number of carboxylic acids is 4. The van der Waals surface area contributed by atoms with Crippen LogP contribution >= 0.6 is 0 Å². The first-order valence-electron chi connectivity index (χ1n) is 10.0. The van der Waals surface area contributed by atoms with Gasteiger partial charge in [0.2, 0.25) is 0 Å². The first-order chi connectivity index (χ1) is 14.1. The number of nitrogens with two attached hydrogens (primary N) is 1. The van der Waals surface area contributed by atoms with E-state index in [0.717, 1.165) is 12.5 Å². The van der Waals surface area contributed by atoms with Crippen LogP contribution in [0.1, 0.15) is 71.6 Å². The van der Waals surface area contributed by atoms with Gasteiger partial charge >= 0.3 is 23.9 Å². The van der Waals surface area contributed by atoms with E-state index < -0.39 is 23.9 Å². The topological polar surface area (TPSA) is 175 Å². The van der Waals surface area contributed by atoms with Gasteiger partial charge in [-0.05, 0) is 25.3 Å². The Bertz CT molecular complexity index is 463. The zero-order valence-corrected chi connectivity index (χ0v) is 18.0. The lowest BCUT2D eigenvalue weighted by Gasteiger charge is -2.09. The van der Waals surface area contributed by atoms with Crippen molar-refractivity contribution in [3.05, 3.63) is 24.3 Å². The normalized spacial score (nSPS) is 11.2. The van der Waals surface area contributed by atoms with Gasteiger partial charge in [-0.2, -0.15) is 0 Å². The number of hydrogen-bond donors (Lipinski definition) is 5. The summed E-state index contributed by atoms with van der Waals surface area (Å²) in [6.07, 6.45) is 14.7. The lowest BCUT2D eigenvalue weighted by atomic mass is 9.97. The minimum Gasteiger partial charge on any atom is -0.478 e. The highest BCUT2D eigenvalue weighted by molar-refractivity contribution is 5.90. The van der Waals surface area contributed by atoms with E-state index in [9.17, 15) is 19.2 Å². The zero-order chi connectivity index (χ0) is 23.8. The highest BCUT2D eigenvalue weighted by Crippen LogP contribution is 2.15. The van der Waals surface area contributed by atoms with Gasteiger partial charge in [0.25, 0.3) is 0 Å². The maximum absolute atomic E-state index is 9.55. The van der Waals surface area contributed by atoms with Gasteiger partial charge in [-0.15, -0.1) is 0 Å². The van der Waals surface area contributed by atoms with E-state index >= 15 is 0 Å². The molecule has 0 aliphatic rings. The second-order valence-electron chi connectivity index (χ2n) is 6.61. The summed E-state index contributed by atoms with van der Waals surface area (Å²) < 4.78 is 0. The van der Waals surface area contributed by atoms with Crippen LogP contribution in [0.25, 0.3) is 0 Å². The van der Waals surface area contributed by atoms with Crippen molar-refractivity contribution in [1.29, 1.82) is 0 Å². The maximum atomic E-state index is 9.55. The Kier molecular flexibility index (Phi) is 26.0. The Morgan fingerprint density at radius 3 is 1.33 bits per heavy atom. The smallest absolute Gasteiger partial charge is 0.328 e. The van der Waals surface area contributed by atoms with Crippen LogP contribution in [0.2, 0.25) is 0 Å². The number of carbonyl (C=O) groups is 4. The quantitative estimate of drug-likeness (QED) is 0.203. The second-order valence-corrected chi connectivity index (χ2v) is 6.61. The van der Waals surface area contributed by atoms with Crippen molar-refractivity contribution >= 4 is 23.9 Å². The van der Waals surface area contributed by atoms with E-state index in [-0.39, 0.29) is 0 Å². The molecule has 174 valence electrons. The molecule has 0 saturated heterocycles. The molecule has 0 aromatic carbocycles. The summed E-state index contributed by atoms with van der Waals surface area (Å²) in [7, 11) is 0. The Balaban J connectivity index is -0.000000391. The van der Waals surface area contributed by atoms with Gasteiger partial charge in [0.1, 0.15) is 0 Å². The van der Waals surface area contributed by atoms with Crippen LogP contribution in [0.4, 0.5) is 0 Å². The van der Waals surface area contributed by atoms with E-state index in [1.54, 1.807) is 0 Å². The molecular formula is C21H37NO8. The minimum atomic E-state index is -1.26. The van der Waals surface area contributed by atoms with Crippen LogP contribution in [-0.4, -0.2) is 50.8 Å². The Morgan fingerprint density at radius 2 is 1.00 bits per heavy atom. The molecule has 9 nitrogen and oxygen atoms in total. The van der Waals surface area contributed by atoms with Crippen molar-refractivity contribution in [3.8, 4) is 0 Å². The molecule has 1 atom stereocenters. The highest BCUT2D eigenvalue weighted by atomic mass is 16.4. The van der Waals surface area contributed by atoms with Gasteiger partial charge in [-0.3, -0.25) is 0 Å². The molecule has 30 heavy (non-hydrogen) atoms. The fourth-order valence-corrected chi connectivity index (χ4v) is 2.17. The predicted octanol–water partition coefficient (Wildman–Crippen LogP) is 3.54. The summed E-state index contributed by atoms with van der Waals surface area (Å²) in [5.74, 6) is -4.13. The van der Waals surface area contributed by atoms with Crippen LogP contribution < -0.4 is 5.73 Å². The molecule has 0 aliphatic heterocycles. The number of unbranched alkanes of at least 4 members (excludes halogenated alkanes) is 5. The number of carboxylic acid groups (broad SMARTS) is 4. The summed E-state index contributed by atoms with van der Waals surface area (Å²) in [6.45, 7) is 5.50. The van der Waals surface area contributed by atoms with E-state index in [1.165, 1.54) is 57.8 Å². The summed E-state index contributed by atoms with van der Waals surface area (Å²) >= 11 is 0. The van der Waals surface area contributed by atoms with Gasteiger partial charge in [-0.1, -0.05) is 58.8 Å². The molecule has 0 amide bonds. The van der Waals surface area contributed by atoms with Gasteiger partial charge in [0, 0.05) is 24.3 Å². The van der Waals surface area contributed by atoms with Crippen molar-refractivity contribution in [2.24, 2.45) is 11.7 Å². The summed E-state index contributed by atoms with van der Waals surface area (Å²) in [5, 5.41) is 31.2. The van der Waals surface area contributed by atoms with Gasteiger partial charge in [0.05, 0.1) is 0 Å². The molecule has 0 fully saturated rings. The van der Waals surface area contributed by atoms with E-state index in [0.29, 0.717) is 24.3 Å². The van der Waals surface area contributed by atoms with Gasteiger partial charge < -0.3 is 26.2 Å². The zero-order valence-electron chi connectivity index (χ0n) is 18.0. The van der Waals surface area contributed by atoms with Crippen molar-refractivity contribution in [3.63, 3.8) is 0 Å². The van der Waals surface area contributed by atoms with Crippen LogP contribution in [0.15, 0.2) is 24.3 Å². The Morgan fingerprint density at radius 1 is 0.667 bits per heavy atom. The molecule has 0 saturated carbocycles. The lowest BCUT2D eigenvalue weighted by molar-refractivity contribution is -0.134. The molecule has 0 bridgehead atoms. The second kappa shape index (κ2) is 24.4. The summed E-state index contributed by atoms with van der Waals surface area (Å²) in [5.41, 5.74) is 5.49. The third-order valence-electron chi connectivity index (χ3n) is 3.69.